The van der Waals surface area contributed by atoms with Gasteiger partial charge in [-0.3, -0.25) is 9.59 Å². The lowest BCUT2D eigenvalue weighted by Crippen LogP contribution is -2.28. The molecule has 5 aromatic rings. The number of amides is 1. The fourth-order valence-corrected chi connectivity index (χ4v) is 4.64. The summed E-state index contributed by atoms with van der Waals surface area (Å²) in [7, 11) is 0. The summed E-state index contributed by atoms with van der Waals surface area (Å²) in [4.78, 5) is 45.9. The molecule has 0 saturated carbocycles. The summed E-state index contributed by atoms with van der Waals surface area (Å²) in [6, 6.07) is 13.6. The van der Waals surface area contributed by atoms with Crippen LogP contribution in [0.2, 0.25) is 0 Å². The normalized spacial score (nSPS) is 11.6. The van der Waals surface area contributed by atoms with E-state index in [0.717, 1.165) is 38.8 Å². The van der Waals surface area contributed by atoms with Crippen molar-refractivity contribution in [2.24, 2.45) is 0 Å². The lowest BCUT2D eigenvalue weighted by molar-refractivity contribution is 0.0952. The number of aromatic amines is 3. The van der Waals surface area contributed by atoms with Crippen LogP contribution in [0.5, 0.6) is 0 Å². The highest BCUT2D eigenvalue weighted by Crippen LogP contribution is 2.31. The first-order valence-electron chi connectivity index (χ1n) is 11.6. The minimum atomic E-state index is -0.261. The molecule has 3 heterocycles. The third kappa shape index (κ3) is 4.07. The lowest BCUT2D eigenvalue weighted by Gasteiger charge is -2.14. The standard InChI is InChI=1S/C27H27N5O3/c1-14(2)32-8-7-19-20(25(33)28-13-21-15(3)9-16(4)29-26(21)34)10-18(12-24(19)32)17-5-6-22-23(11-17)31-27(35)30-22/h5-12,14H,13H2,1-4H3,(H,28,33)(H,29,34)(H2,30,31,35). The van der Waals surface area contributed by atoms with E-state index in [0.29, 0.717) is 16.6 Å². The van der Waals surface area contributed by atoms with Gasteiger partial charge in [0.15, 0.2) is 0 Å². The average Bonchev–Trinajstić information content (AvgIpc) is 3.39. The summed E-state index contributed by atoms with van der Waals surface area (Å²) in [6.07, 6.45) is 1.98. The Morgan fingerprint density at radius 3 is 2.46 bits per heavy atom. The summed E-state index contributed by atoms with van der Waals surface area (Å²) in [6.45, 7) is 8.02. The van der Waals surface area contributed by atoms with Crippen LogP contribution in [-0.2, 0) is 6.54 Å². The minimum Gasteiger partial charge on any atom is -0.348 e. The zero-order chi connectivity index (χ0) is 24.9. The van der Waals surface area contributed by atoms with Gasteiger partial charge in [0, 0.05) is 46.5 Å². The van der Waals surface area contributed by atoms with Crippen LogP contribution in [0.4, 0.5) is 0 Å². The maximum Gasteiger partial charge on any atom is 0.323 e. The predicted octanol–water partition coefficient (Wildman–Crippen LogP) is 4.29. The first kappa shape index (κ1) is 22.5. The van der Waals surface area contributed by atoms with Crippen molar-refractivity contribution in [3.8, 4) is 11.1 Å². The van der Waals surface area contributed by atoms with E-state index in [1.54, 1.807) is 0 Å². The number of rotatable bonds is 5. The number of nitrogens with one attached hydrogen (secondary N) is 4. The van der Waals surface area contributed by atoms with Crippen molar-refractivity contribution in [3.05, 3.63) is 91.9 Å². The van der Waals surface area contributed by atoms with Crippen molar-refractivity contribution in [3.63, 3.8) is 0 Å². The number of imidazole rings is 1. The second kappa shape index (κ2) is 8.47. The number of aromatic nitrogens is 4. The molecule has 0 aliphatic heterocycles. The second-order valence-electron chi connectivity index (χ2n) is 9.24. The Morgan fingerprint density at radius 1 is 0.943 bits per heavy atom. The maximum absolute atomic E-state index is 13.4. The SMILES string of the molecule is Cc1cc(C)c(CNC(=O)c2cc(-c3ccc4[nH]c(=O)[nH]c4c3)cc3c2ccn3C(C)C)c(=O)[nH]1. The molecule has 0 unspecified atom stereocenters. The van der Waals surface area contributed by atoms with Crippen LogP contribution in [0.3, 0.4) is 0 Å². The number of benzene rings is 2. The van der Waals surface area contributed by atoms with E-state index in [9.17, 15) is 14.4 Å². The molecule has 35 heavy (non-hydrogen) atoms. The summed E-state index contributed by atoms with van der Waals surface area (Å²) < 4.78 is 2.13. The number of fused-ring (bicyclic) bond motifs is 2. The van der Waals surface area contributed by atoms with Crippen LogP contribution in [0.15, 0.2) is 58.3 Å². The molecule has 2 aromatic carbocycles. The van der Waals surface area contributed by atoms with Crippen LogP contribution >= 0.6 is 0 Å². The van der Waals surface area contributed by atoms with E-state index in [-0.39, 0.29) is 29.7 Å². The highest BCUT2D eigenvalue weighted by atomic mass is 16.2. The van der Waals surface area contributed by atoms with E-state index in [4.69, 9.17) is 0 Å². The lowest BCUT2D eigenvalue weighted by atomic mass is 9.99. The van der Waals surface area contributed by atoms with E-state index in [2.05, 4.69) is 44.7 Å². The zero-order valence-corrected chi connectivity index (χ0v) is 20.1. The minimum absolute atomic E-state index is 0.132. The fourth-order valence-electron chi connectivity index (χ4n) is 4.64. The topological polar surface area (TPSA) is 116 Å². The Balaban J connectivity index is 1.59. The zero-order valence-electron chi connectivity index (χ0n) is 20.1. The number of nitrogens with zero attached hydrogens (tertiary/aromatic N) is 1. The number of hydrogen-bond acceptors (Lipinski definition) is 3. The van der Waals surface area contributed by atoms with Crippen LogP contribution in [0, 0.1) is 13.8 Å². The third-order valence-corrected chi connectivity index (χ3v) is 6.41. The number of carbonyl (C=O) groups excluding carboxylic acids is 1. The van der Waals surface area contributed by atoms with Crippen molar-refractivity contribution in [1.29, 1.82) is 0 Å². The summed E-state index contributed by atoms with van der Waals surface area (Å²) in [5.74, 6) is -0.256. The van der Waals surface area contributed by atoms with Gasteiger partial charge in [0.1, 0.15) is 0 Å². The van der Waals surface area contributed by atoms with Crippen LogP contribution in [0.1, 0.15) is 47.1 Å². The molecule has 0 aliphatic rings. The maximum atomic E-state index is 13.4. The van der Waals surface area contributed by atoms with E-state index in [1.165, 1.54) is 0 Å². The Morgan fingerprint density at radius 2 is 1.71 bits per heavy atom. The average molecular weight is 470 g/mol. The van der Waals surface area contributed by atoms with Gasteiger partial charge in [0.25, 0.3) is 11.5 Å². The fraction of sp³-hybridized carbons (Fsp3) is 0.222. The molecule has 0 aliphatic carbocycles. The summed E-state index contributed by atoms with van der Waals surface area (Å²) in [5, 5.41) is 3.78. The van der Waals surface area contributed by atoms with Gasteiger partial charge in [-0.25, -0.2) is 4.79 Å². The largest absolute Gasteiger partial charge is 0.348 e. The molecular weight excluding hydrogens is 442 g/mol. The van der Waals surface area contributed by atoms with Crippen LogP contribution in [0.25, 0.3) is 33.1 Å². The number of hydrogen-bond donors (Lipinski definition) is 4. The Labute approximate surface area is 201 Å². The smallest absolute Gasteiger partial charge is 0.323 e. The van der Waals surface area contributed by atoms with Crippen molar-refractivity contribution >= 4 is 27.8 Å². The molecule has 8 heteroatoms. The van der Waals surface area contributed by atoms with Crippen molar-refractivity contribution in [1.82, 2.24) is 24.8 Å². The van der Waals surface area contributed by atoms with Gasteiger partial charge >= 0.3 is 5.69 Å². The summed E-state index contributed by atoms with van der Waals surface area (Å²) in [5.41, 5.74) is 6.34. The van der Waals surface area contributed by atoms with Gasteiger partial charge in [-0.1, -0.05) is 6.07 Å². The number of pyridine rings is 1. The summed E-state index contributed by atoms with van der Waals surface area (Å²) >= 11 is 0. The van der Waals surface area contributed by atoms with Crippen LogP contribution < -0.4 is 16.6 Å². The number of aryl methyl sites for hydroxylation is 2. The van der Waals surface area contributed by atoms with Gasteiger partial charge in [-0.15, -0.1) is 0 Å². The predicted molar refractivity (Wildman–Crippen MR) is 138 cm³/mol. The molecule has 0 spiro atoms. The van der Waals surface area contributed by atoms with E-state index >= 15 is 0 Å². The number of H-pyrrole nitrogens is 3. The number of carbonyl (C=O) groups is 1. The Bertz CT molecular complexity index is 1710. The molecule has 0 saturated heterocycles. The van der Waals surface area contributed by atoms with Crippen molar-refractivity contribution < 1.29 is 4.79 Å². The highest BCUT2D eigenvalue weighted by molar-refractivity contribution is 6.08. The Kier molecular flexibility index (Phi) is 5.43. The third-order valence-electron chi connectivity index (χ3n) is 6.41. The molecule has 8 nitrogen and oxygen atoms in total. The molecular formula is C27H27N5O3. The molecule has 0 bridgehead atoms. The van der Waals surface area contributed by atoms with Crippen molar-refractivity contribution in [2.75, 3.05) is 0 Å². The van der Waals surface area contributed by atoms with Crippen LogP contribution in [-0.4, -0.2) is 25.4 Å². The molecule has 5 rings (SSSR count). The van der Waals surface area contributed by atoms with Gasteiger partial charge in [-0.05, 0) is 80.8 Å². The monoisotopic (exact) mass is 469 g/mol. The molecule has 0 atom stereocenters. The molecule has 178 valence electrons. The van der Waals surface area contributed by atoms with Gasteiger partial charge < -0.3 is 24.8 Å². The van der Waals surface area contributed by atoms with E-state index < -0.39 is 0 Å². The quantitative estimate of drug-likeness (QED) is 0.308. The first-order chi connectivity index (χ1) is 16.7. The molecule has 0 fully saturated rings. The molecule has 0 radical (unpaired) electrons. The second-order valence-corrected chi connectivity index (χ2v) is 9.24. The molecule has 3 aromatic heterocycles. The van der Waals surface area contributed by atoms with Gasteiger partial charge in [0.2, 0.25) is 0 Å². The Hall–Kier alpha value is -4.33. The van der Waals surface area contributed by atoms with Gasteiger partial charge in [0.05, 0.1) is 11.0 Å². The molecule has 1 amide bonds. The van der Waals surface area contributed by atoms with Gasteiger partial charge in [-0.2, -0.15) is 0 Å². The highest BCUT2D eigenvalue weighted by Gasteiger charge is 2.17. The van der Waals surface area contributed by atoms with E-state index in [1.807, 2.05) is 56.4 Å². The molecule has 4 N–H and O–H groups in total. The first-order valence-corrected chi connectivity index (χ1v) is 11.6. The van der Waals surface area contributed by atoms with Crippen molar-refractivity contribution in [2.45, 2.75) is 40.3 Å².